The van der Waals surface area contributed by atoms with E-state index in [0.717, 1.165) is 34.1 Å². The van der Waals surface area contributed by atoms with Gasteiger partial charge in [0.05, 0.1) is 28.8 Å². The number of rotatable bonds is 7. The molecule has 1 N–H and O–H groups in total. The van der Waals surface area contributed by atoms with E-state index in [1.807, 2.05) is 43.8 Å². The van der Waals surface area contributed by atoms with E-state index in [9.17, 15) is 13.2 Å². The van der Waals surface area contributed by atoms with Gasteiger partial charge in [0.15, 0.2) is 9.84 Å². The molecule has 4 aromatic rings. The van der Waals surface area contributed by atoms with E-state index < -0.39 is 9.84 Å². The average Bonchev–Trinajstić information content (AvgIpc) is 3.39. The van der Waals surface area contributed by atoms with Gasteiger partial charge in [-0.1, -0.05) is 19.1 Å². The van der Waals surface area contributed by atoms with Crippen LogP contribution in [0.2, 0.25) is 0 Å². The molecule has 0 aliphatic heterocycles. The fraction of sp³-hybridized carbons (Fsp3) is 0.250. The molecular weight excluding hydrogens is 424 g/mol. The zero-order chi connectivity index (χ0) is 22.9. The number of hydrogen-bond donors (Lipinski definition) is 1. The van der Waals surface area contributed by atoms with Crippen molar-refractivity contribution < 1.29 is 13.2 Å². The van der Waals surface area contributed by atoms with Crippen LogP contribution in [0.25, 0.3) is 22.0 Å². The van der Waals surface area contributed by atoms with Gasteiger partial charge >= 0.3 is 0 Å². The minimum absolute atomic E-state index is 0.0499. The van der Waals surface area contributed by atoms with E-state index in [-0.39, 0.29) is 23.0 Å². The Hall–Kier alpha value is -3.39. The van der Waals surface area contributed by atoms with Crippen molar-refractivity contribution in [2.24, 2.45) is 7.05 Å². The van der Waals surface area contributed by atoms with E-state index in [2.05, 4.69) is 21.9 Å². The average molecular weight is 451 g/mol. The predicted molar refractivity (Wildman–Crippen MR) is 126 cm³/mol. The molecule has 2 aromatic carbocycles. The van der Waals surface area contributed by atoms with Crippen molar-refractivity contribution in [3.63, 3.8) is 0 Å². The van der Waals surface area contributed by atoms with Crippen molar-refractivity contribution in [1.82, 2.24) is 14.3 Å². The molecule has 8 heteroatoms. The lowest BCUT2D eigenvalue weighted by Crippen LogP contribution is -2.14. The molecule has 166 valence electrons. The summed E-state index contributed by atoms with van der Waals surface area (Å²) in [5.41, 5.74) is 4.55. The third-order valence-electron chi connectivity index (χ3n) is 5.53. The molecular formula is C24H26N4O3S. The van der Waals surface area contributed by atoms with Crippen LogP contribution in [0.3, 0.4) is 0 Å². The number of fused-ring (bicyclic) bond motifs is 1. The quantitative estimate of drug-likeness (QED) is 0.460. The summed E-state index contributed by atoms with van der Waals surface area (Å²) < 4.78 is 27.9. The Kier molecular flexibility index (Phi) is 5.88. The van der Waals surface area contributed by atoms with Gasteiger partial charge in [-0.15, -0.1) is 0 Å². The molecule has 1 amide bonds. The van der Waals surface area contributed by atoms with Gasteiger partial charge in [0, 0.05) is 48.2 Å². The minimum atomic E-state index is -3.25. The maximum atomic E-state index is 12.7. The smallest absolute Gasteiger partial charge is 0.228 e. The van der Waals surface area contributed by atoms with Crippen LogP contribution in [0.4, 0.5) is 5.69 Å². The van der Waals surface area contributed by atoms with Gasteiger partial charge in [-0.25, -0.2) is 8.42 Å². The van der Waals surface area contributed by atoms with Crippen molar-refractivity contribution in [1.29, 1.82) is 0 Å². The number of sulfone groups is 1. The number of anilines is 1. The number of carbonyl (C=O) groups is 1. The lowest BCUT2D eigenvalue weighted by molar-refractivity contribution is -0.115. The molecule has 0 bridgehead atoms. The molecule has 2 heterocycles. The minimum Gasteiger partial charge on any atom is -0.347 e. The second-order valence-electron chi connectivity index (χ2n) is 7.74. The Morgan fingerprint density at radius 2 is 1.84 bits per heavy atom. The maximum absolute atomic E-state index is 12.7. The van der Waals surface area contributed by atoms with Crippen LogP contribution in [-0.4, -0.2) is 34.4 Å². The second-order valence-corrected chi connectivity index (χ2v) is 10.0. The molecule has 0 radical (unpaired) electrons. The number of benzene rings is 2. The first-order valence-electron chi connectivity index (χ1n) is 10.5. The first kappa shape index (κ1) is 21.8. The molecule has 0 atom stereocenters. The number of hydrogen-bond acceptors (Lipinski definition) is 4. The SMILES string of the molecule is CCn1ccc2cc(NC(=O)Cc3ccc(S(=O)(=O)CC)cc3)cc(-c3cnn(C)c3)c21. The number of aryl methyl sites for hydroxylation is 2. The van der Waals surface area contributed by atoms with E-state index in [1.165, 1.54) is 0 Å². The zero-order valence-corrected chi connectivity index (χ0v) is 19.2. The monoisotopic (exact) mass is 450 g/mol. The van der Waals surface area contributed by atoms with Gasteiger partial charge in [-0.3, -0.25) is 9.48 Å². The van der Waals surface area contributed by atoms with Gasteiger partial charge in [-0.2, -0.15) is 5.10 Å². The van der Waals surface area contributed by atoms with Crippen molar-refractivity contribution in [2.45, 2.75) is 31.7 Å². The van der Waals surface area contributed by atoms with Crippen LogP contribution in [0.5, 0.6) is 0 Å². The van der Waals surface area contributed by atoms with Crippen LogP contribution in [0.1, 0.15) is 19.4 Å². The fourth-order valence-electron chi connectivity index (χ4n) is 3.84. The number of nitrogens with one attached hydrogen (secondary N) is 1. The summed E-state index contributed by atoms with van der Waals surface area (Å²) in [4.78, 5) is 13.0. The van der Waals surface area contributed by atoms with Crippen LogP contribution in [0, 0.1) is 0 Å². The lowest BCUT2D eigenvalue weighted by Gasteiger charge is -2.11. The third kappa shape index (κ3) is 4.31. The molecule has 4 rings (SSSR count). The van der Waals surface area contributed by atoms with Gasteiger partial charge in [0.1, 0.15) is 0 Å². The van der Waals surface area contributed by atoms with Crippen molar-refractivity contribution >= 4 is 32.3 Å². The highest BCUT2D eigenvalue weighted by atomic mass is 32.2. The third-order valence-corrected chi connectivity index (χ3v) is 7.28. The van der Waals surface area contributed by atoms with E-state index in [0.29, 0.717) is 5.69 Å². The summed E-state index contributed by atoms with van der Waals surface area (Å²) in [6.07, 6.45) is 5.98. The van der Waals surface area contributed by atoms with E-state index in [4.69, 9.17) is 0 Å². The van der Waals surface area contributed by atoms with Crippen LogP contribution < -0.4 is 5.32 Å². The van der Waals surface area contributed by atoms with Crippen LogP contribution in [-0.2, 0) is 34.6 Å². The van der Waals surface area contributed by atoms with Gasteiger partial charge in [0.2, 0.25) is 5.91 Å². The number of aromatic nitrogens is 3. The highest BCUT2D eigenvalue weighted by Crippen LogP contribution is 2.33. The second kappa shape index (κ2) is 8.63. The maximum Gasteiger partial charge on any atom is 0.228 e. The fourth-order valence-corrected chi connectivity index (χ4v) is 4.72. The van der Waals surface area contributed by atoms with Crippen LogP contribution >= 0.6 is 0 Å². The summed E-state index contributed by atoms with van der Waals surface area (Å²) in [5, 5.41) is 8.32. The summed E-state index contributed by atoms with van der Waals surface area (Å²) in [5.74, 6) is -0.114. The van der Waals surface area contributed by atoms with Crippen molar-refractivity contribution in [2.75, 3.05) is 11.1 Å². The number of nitrogens with zero attached hydrogens (tertiary/aromatic N) is 3. The molecule has 7 nitrogen and oxygen atoms in total. The zero-order valence-electron chi connectivity index (χ0n) is 18.4. The molecule has 0 unspecified atom stereocenters. The molecule has 0 aliphatic rings. The van der Waals surface area contributed by atoms with Crippen molar-refractivity contribution in [3.8, 4) is 11.1 Å². The van der Waals surface area contributed by atoms with E-state index in [1.54, 1.807) is 35.9 Å². The molecule has 0 saturated carbocycles. The van der Waals surface area contributed by atoms with E-state index >= 15 is 0 Å². The summed E-state index contributed by atoms with van der Waals surface area (Å²) in [7, 11) is -1.37. The Balaban J connectivity index is 1.60. The largest absolute Gasteiger partial charge is 0.347 e. The molecule has 0 spiro atoms. The highest BCUT2D eigenvalue weighted by molar-refractivity contribution is 7.91. The van der Waals surface area contributed by atoms with Gasteiger partial charge < -0.3 is 9.88 Å². The topological polar surface area (TPSA) is 86.0 Å². The lowest BCUT2D eigenvalue weighted by atomic mass is 10.0. The van der Waals surface area contributed by atoms with Crippen molar-refractivity contribution in [3.05, 3.63) is 66.6 Å². The summed E-state index contributed by atoms with van der Waals surface area (Å²) in [6.45, 7) is 4.55. The normalized spacial score (nSPS) is 11.7. The number of amides is 1. The first-order valence-corrected chi connectivity index (χ1v) is 12.2. The van der Waals surface area contributed by atoms with Gasteiger partial charge in [0.25, 0.3) is 0 Å². The Morgan fingerprint density at radius 1 is 1.09 bits per heavy atom. The Morgan fingerprint density at radius 3 is 2.47 bits per heavy atom. The summed E-state index contributed by atoms with van der Waals surface area (Å²) in [6, 6.07) is 12.5. The molecule has 0 saturated heterocycles. The standard InChI is InChI=1S/C24H26N4O3S/c1-4-28-11-10-18-13-20(14-22(24(18)28)19-15-25-27(3)16-19)26-23(29)12-17-6-8-21(9-7-17)32(30,31)5-2/h6-11,13-16H,4-5,12H2,1-3H3,(H,26,29). The molecule has 2 aromatic heterocycles. The first-order chi connectivity index (χ1) is 15.3. The summed E-state index contributed by atoms with van der Waals surface area (Å²) >= 11 is 0. The highest BCUT2D eigenvalue weighted by Gasteiger charge is 2.15. The Bertz CT molecular complexity index is 1380. The molecule has 0 aliphatic carbocycles. The molecule has 32 heavy (non-hydrogen) atoms. The molecule has 0 fully saturated rings. The number of carbonyl (C=O) groups excluding carboxylic acids is 1. The Labute approximate surface area is 187 Å². The van der Waals surface area contributed by atoms with Gasteiger partial charge in [-0.05, 0) is 42.8 Å². The van der Waals surface area contributed by atoms with Crippen LogP contribution in [0.15, 0.2) is 66.0 Å². The predicted octanol–water partition coefficient (Wildman–Crippen LogP) is 4.04.